The predicted molar refractivity (Wildman–Crippen MR) is 109 cm³/mol. The lowest BCUT2D eigenvalue weighted by atomic mass is 9.96. The Bertz CT molecular complexity index is 598. The molecular formula is C20H30BrN3O2. The summed E-state index contributed by atoms with van der Waals surface area (Å²) in [6.07, 6.45) is 6.01. The summed E-state index contributed by atoms with van der Waals surface area (Å²) >= 11 is 3.69. The van der Waals surface area contributed by atoms with E-state index in [9.17, 15) is 0 Å². The number of hydrogen-bond acceptors (Lipinski definition) is 3. The first-order valence-corrected chi connectivity index (χ1v) is 10.4. The summed E-state index contributed by atoms with van der Waals surface area (Å²) in [7, 11) is 1.82. The number of rotatable bonds is 9. The first-order valence-electron chi connectivity index (χ1n) is 9.62. The second-order valence-corrected chi connectivity index (χ2v) is 8.03. The van der Waals surface area contributed by atoms with Gasteiger partial charge in [-0.1, -0.05) is 34.1 Å². The highest BCUT2D eigenvalue weighted by Crippen LogP contribution is 2.49. The Morgan fingerprint density at radius 1 is 1.35 bits per heavy atom. The smallest absolute Gasteiger partial charge is 0.191 e. The quantitative estimate of drug-likeness (QED) is 0.363. The van der Waals surface area contributed by atoms with Crippen molar-refractivity contribution in [3.05, 3.63) is 34.3 Å². The molecule has 0 amide bonds. The lowest BCUT2D eigenvalue weighted by Gasteiger charge is -2.20. The number of guanidine groups is 1. The maximum atomic E-state index is 5.70. The normalized spacial score (nSPS) is 21.6. The van der Waals surface area contributed by atoms with Crippen molar-refractivity contribution >= 4 is 21.9 Å². The van der Waals surface area contributed by atoms with E-state index in [1.54, 1.807) is 0 Å². The van der Waals surface area contributed by atoms with Crippen LogP contribution in [0.4, 0.5) is 0 Å². The highest BCUT2D eigenvalue weighted by atomic mass is 79.9. The van der Waals surface area contributed by atoms with Crippen molar-refractivity contribution in [1.82, 2.24) is 10.6 Å². The Morgan fingerprint density at radius 3 is 2.88 bits per heavy atom. The van der Waals surface area contributed by atoms with Crippen LogP contribution in [0.25, 0.3) is 0 Å². The molecule has 2 aliphatic rings. The third-order valence-corrected chi connectivity index (χ3v) is 5.89. The molecule has 5 nitrogen and oxygen atoms in total. The van der Waals surface area contributed by atoms with E-state index in [1.807, 2.05) is 7.05 Å². The Balaban J connectivity index is 1.33. The van der Waals surface area contributed by atoms with Gasteiger partial charge in [-0.2, -0.15) is 0 Å². The minimum Gasteiger partial charge on any atom is -0.379 e. The monoisotopic (exact) mass is 423 g/mol. The minimum atomic E-state index is 0.238. The van der Waals surface area contributed by atoms with Gasteiger partial charge in [0.15, 0.2) is 5.96 Å². The van der Waals surface area contributed by atoms with Crippen molar-refractivity contribution in [2.75, 3.05) is 40.0 Å². The molecule has 1 aliphatic carbocycles. The van der Waals surface area contributed by atoms with E-state index in [4.69, 9.17) is 9.47 Å². The second-order valence-electron chi connectivity index (χ2n) is 7.18. The van der Waals surface area contributed by atoms with Crippen molar-refractivity contribution in [3.8, 4) is 0 Å². The average Bonchev–Trinajstić information content (AvgIpc) is 3.26. The standard InChI is InChI=1S/C20H30BrN3O2/c1-22-19(23-11-5-12-25-14-16-6-4-13-26-16)24-15-20(9-10-20)17-7-2-3-8-18(17)21/h2-3,7-8,16H,4-6,9-15H2,1H3,(H2,22,23,24). The van der Waals surface area contributed by atoms with Gasteiger partial charge >= 0.3 is 0 Å². The molecule has 1 heterocycles. The van der Waals surface area contributed by atoms with E-state index in [1.165, 1.54) is 29.3 Å². The fourth-order valence-electron chi connectivity index (χ4n) is 3.43. The van der Waals surface area contributed by atoms with Crippen LogP contribution in [-0.4, -0.2) is 52.0 Å². The molecule has 0 radical (unpaired) electrons. The molecule has 6 heteroatoms. The van der Waals surface area contributed by atoms with Crippen LogP contribution in [0, 0.1) is 0 Å². The van der Waals surface area contributed by atoms with Crippen LogP contribution < -0.4 is 10.6 Å². The Labute approximate surface area is 165 Å². The number of nitrogens with one attached hydrogen (secondary N) is 2. The topological polar surface area (TPSA) is 54.9 Å². The zero-order chi connectivity index (χ0) is 18.2. The summed E-state index contributed by atoms with van der Waals surface area (Å²) in [5, 5.41) is 6.87. The molecule has 0 spiro atoms. The van der Waals surface area contributed by atoms with Crippen molar-refractivity contribution in [3.63, 3.8) is 0 Å². The predicted octanol–water partition coefficient (Wildman–Crippen LogP) is 3.23. The van der Waals surface area contributed by atoms with E-state index in [2.05, 4.69) is 55.8 Å². The van der Waals surface area contributed by atoms with Gasteiger partial charge in [0.25, 0.3) is 0 Å². The van der Waals surface area contributed by atoms with Crippen molar-refractivity contribution in [2.45, 2.75) is 43.6 Å². The highest BCUT2D eigenvalue weighted by molar-refractivity contribution is 9.10. The third kappa shape index (κ3) is 5.44. The summed E-state index contributed by atoms with van der Waals surface area (Å²) in [5.41, 5.74) is 1.63. The molecule has 1 saturated heterocycles. The van der Waals surface area contributed by atoms with Crippen molar-refractivity contribution < 1.29 is 9.47 Å². The Morgan fingerprint density at radius 2 is 2.19 bits per heavy atom. The van der Waals surface area contributed by atoms with Gasteiger partial charge in [0.05, 0.1) is 12.7 Å². The number of halogens is 1. The van der Waals surface area contributed by atoms with Gasteiger partial charge in [-0.25, -0.2) is 0 Å². The average molecular weight is 424 g/mol. The van der Waals surface area contributed by atoms with Gasteiger partial charge in [0, 0.05) is 43.2 Å². The summed E-state index contributed by atoms with van der Waals surface area (Å²) in [5.74, 6) is 0.863. The summed E-state index contributed by atoms with van der Waals surface area (Å²) in [6.45, 7) is 4.13. The fourth-order valence-corrected chi connectivity index (χ4v) is 4.13. The molecule has 26 heavy (non-hydrogen) atoms. The SMILES string of the molecule is CN=C(NCCCOCC1CCCO1)NCC1(c2ccccc2Br)CC1. The number of nitrogens with zero attached hydrogens (tertiary/aromatic N) is 1. The third-order valence-electron chi connectivity index (χ3n) is 5.20. The second kappa shape index (κ2) is 9.72. The van der Waals surface area contributed by atoms with Crippen LogP contribution in [-0.2, 0) is 14.9 Å². The molecule has 2 N–H and O–H groups in total. The molecule has 1 saturated carbocycles. The summed E-state index contributed by atoms with van der Waals surface area (Å²) in [6, 6.07) is 8.53. The van der Waals surface area contributed by atoms with Gasteiger partial charge in [0.2, 0.25) is 0 Å². The molecular weight excluding hydrogens is 394 g/mol. The zero-order valence-corrected chi connectivity index (χ0v) is 17.2. The van der Waals surface area contributed by atoms with Crippen LogP contribution in [0.1, 0.15) is 37.7 Å². The minimum absolute atomic E-state index is 0.238. The van der Waals surface area contributed by atoms with Crippen LogP contribution in [0.2, 0.25) is 0 Å². The van der Waals surface area contributed by atoms with Gasteiger partial charge < -0.3 is 20.1 Å². The number of ether oxygens (including phenoxy) is 2. The van der Waals surface area contributed by atoms with Crippen molar-refractivity contribution in [2.24, 2.45) is 4.99 Å². The molecule has 1 aromatic carbocycles. The van der Waals surface area contributed by atoms with E-state index in [-0.39, 0.29) is 5.41 Å². The van der Waals surface area contributed by atoms with Crippen LogP contribution in [0.3, 0.4) is 0 Å². The molecule has 0 bridgehead atoms. The van der Waals surface area contributed by atoms with Gasteiger partial charge in [-0.05, 0) is 43.7 Å². The Hall–Kier alpha value is -1.11. The zero-order valence-electron chi connectivity index (χ0n) is 15.6. The molecule has 3 rings (SSSR count). The lowest BCUT2D eigenvalue weighted by molar-refractivity contribution is 0.0168. The molecule has 1 atom stereocenters. The molecule has 0 aromatic heterocycles. The van der Waals surface area contributed by atoms with E-state index >= 15 is 0 Å². The van der Waals surface area contributed by atoms with E-state index < -0.39 is 0 Å². The number of hydrogen-bond donors (Lipinski definition) is 2. The molecule has 1 aromatic rings. The highest BCUT2D eigenvalue weighted by Gasteiger charge is 2.45. The lowest BCUT2D eigenvalue weighted by Crippen LogP contribution is -2.41. The van der Waals surface area contributed by atoms with Crippen LogP contribution in [0.15, 0.2) is 33.7 Å². The summed E-state index contributed by atoms with van der Waals surface area (Å²) < 4.78 is 12.5. The molecule has 2 fully saturated rings. The maximum absolute atomic E-state index is 5.70. The maximum Gasteiger partial charge on any atom is 0.191 e. The molecule has 1 unspecified atom stereocenters. The van der Waals surface area contributed by atoms with E-state index in [0.29, 0.717) is 6.10 Å². The number of aliphatic imine (C=N–C) groups is 1. The molecule has 1 aliphatic heterocycles. The Kier molecular flexibility index (Phi) is 7.34. The van der Waals surface area contributed by atoms with Crippen LogP contribution in [0.5, 0.6) is 0 Å². The van der Waals surface area contributed by atoms with Crippen LogP contribution >= 0.6 is 15.9 Å². The number of benzene rings is 1. The first kappa shape index (κ1) is 19.6. The van der Waals surface area contributed by atoms with Crippen molar-refractivity contribution in [1.29, 1.82) is 0 Å². The largest absolute Gasteiger partial charge is 0.379 e. The van der Waals surface area contributed by atoms with E-state index in [0.717, 1.165) is 51.7 Å². The fraction of sp³-hybridized carbons (Fsp3) is 0.650. The molecule has 144 valence electrons. The summed E-state index contributed by atoms with van der Waals surface area (Å²) in [4.78, 5) is 4.34. The first-order chi connectivity index (χ1) is 12.7. The van der Waals surface area contributed by atoms with Gasteiger partial charge in [-0.15, -0.1) is 0 Å². The van der Waals surface area contributed by atoms with Gasteiger partial charge in [-0.3, -0.25) is 4.99 Å². The van der Waals surface area contributed by atoms with Gasteiger partial charge in [0.1, 0.15) is 0 Å².